The number of rotatable bonds is 4. The van der Waals surface area contributed by atoms with Gasteiger partial charge in [-0.25, -0.2) is 4.79 Å². The van der Waals surface area contributed by atoms with Crippen molar-refractivity contribution in [2.45, 2.75) is 33.7 Å². The smallest absolute Gasteiger partial charge is 0.341 e. The summed E-state index contributed by atoms with van der Waals surface area (Å²) in [5.74, 6) is -0.550. The molecular weight excluding hydrogens is 348 g/mol. The molecule has 1 aliphatic heterocycles. The summed E-state index contributed by atoms with van der Waals surface area (Å²) in [6.45, 7) is 7.69. The van der Waals surface area contributed by atoms with Gasteiger partial charge in [0, 0.05) is 23.5 Å². The summed E-state index contributed by atoms with van der Waals surface area (Å²) in [5.41, 5.74) is 4.19. The molecule has 5 nitrogen and oxygen atoms in total. The predicted octanol–water partition coefficient (Wildman–Crippen LogP) is 3.78. The van der Waals surface area contributed by atoms with Gasteiger partial charge in [0.25, 0.3) is 5.91 Å². The van der Waals surface area contributed by atoms with Crippen molar-refractivity contribution in [2.75, 3.05) is 25.5 Å². The molecule has 1 aromatic heterocycles. The van der Waals surface area contributed by atoms with Crippen molar-refractivity contribution >= 4 is 28.2 Å². The van der Waals surface area contributed by atoms with E-state index in [4.69, 9.17) is 4.74 Å². The number of ether oxygens (including phenoxy) is 1. The highest BCUT2D eigenvalue weighted by Crippen LogP contribution is 2.37. The summed E-state index contributed by atoms with van der Waals surface area (Å²) < 4.78 is 5.25. The molecule has 1 amide bonds. The molecule has 3 rings (SSSR count). The Morgan fingerprint density at radius 1 is 1.31 bits per heavy atom. The average Bonchev–Trinajstić information content (AvgIpc) is 2.91. The second-order valence-corrected chi connectivity index (χ2v) is 7.79. The molecule has 0 atom stereocenters. The molecule has 0 aliphatic carbocycles. The molecule has 0 fully saturated rings. The second-order valence-electron chi connectivity index (χ2n) is 6.69. The molecule has 0 spiro atoms. The minimum absolute atomic E-state index is 0.194. The number of hydrogen-bond acceptors (Lipinski definition) is 5. The van der Waals surface area contributed by atoms with Gasteiger partial charge in [0.15, 0.2) is 0 Å². The lowest BCUT2D eigenvalue weighted by Crippen LogP contribution is -2.26. The van der Waals surface area contributed by atoms with Crippen molar-refractivity contribution in [2.24, 2.45) is 0 Å². The van der Waals surface area contributed by atoms with Crippen LogP contribution in [0.5, 0.6) is 0 Å². The summed E-state index contributed by atoms with van der Waals surface area (Å²) in [6, 6.07) is 5.73. The molecule has 0 saturated carbocycles. The molecule has 6 heteroatoms. The van der Waals surface area contributed by atoms with Crippen LogP contribution in [0.15, 0.2) is 18.2 Å². The first-order valence-corrected chi connectivity index (χ1v) is 9.61. The van der Waals surface area contributed by atoms with E-state index in [0.717, 1.165) is 41.1 Å². The van der Waals surface area contributed by atoms with E-state index in [1.807, 2.05) is 32.0 Å². The van der Waals surface area contributed by atoms with Gasteiger partial charge in [-0.05, 0) is 51.4 Å². The Balaban J connectivity index is 1.96. The maximum absolute atomic E-state index is 12.8. The normalized spacial score (nSPS) is 14.0. The van der Waals surface area contributed by atoms with Crippen LogP contribution < -0.4 is 5.32 Å². The van der Waals surface area contributed by atoms with Crippen molar-refractivity contribution in [3.63, 3.8) is 0 Å². The van der Waals surface area contributed by atoms with E-state index in [9.17, 15) is 9.59 Å². The first kappa shape index (κ1) is 18.6. The monoisotopic (exact) mass is 372 g/mol. The molecular formula is C20H24N2O3S. The topological polar surface area (TPSA) is 58.6 Å². The molecule has 0 bridgehead atoms. The number of esters is 1. The fraction of sp³-hybridized carbons (Fsp3) is 0.400. The van der Waals surface area contributed by atoms with Crippen molar-refractivity contribution in [1.82, 2.24) is 4.90 Å². The van der Waals surface area contributed by atoms with Crippen LogP contribution in [-0.4, -0.2) is 37.0 Å². The van der Waals surface area contributed by atoms with E-state index in [2.05, 4.69) is 17.3 Å². The third-order valence-corrected chi connectivity index (χ3v) is 5.71. The molecule has 26 heavy (non-hydrogen) atoms. The highest BCUT2D eigenvalue weighted by molar-refractivity contribution is 7.17. The van der Waals surface area contributed by atoms with Gasteiger partial charge in [0.2, 0.25) is 0 Å². The number of nitrogens with zero attached hydrogens (tertiary/aromatic N) is 1. The number of nitrogens with one attached hydrogen (secondary N) is 1. The summed E-state index contributed by atoms with van der Waals surface area (Å²) in [7, 11) is 2.06. The standard InChI is InChI=1S/C20H24N2O3S/c1-5-25-20(24)17-15-8-9-22(4)11-16(15)26-19(17)21-18(23)14-7-6-12(2)10-13(14)3/h6-7,10H,5,8-9,11H2,1-4H3,(H,21,23). The third-order valence-electron chi connectivity index (χ3n) is 4.58. The number of carbonyl (C=O) groups excluding carboxylic acids is 2. The van der Waals surface area contributed by atoms with Crippen LogP contribution >= 0.6 is 11.3 Å². The molecule has 0 saturated heterocycles. The maximum atomic E-state index is 12.8. The number of fused-ring (bicyclic) bond motifs is 1. The fourth-order valence-corrected chi connectivity index (χ4v) is 4.59. The number of aryl methyl sites for hydroxylation is 2. The van der Waals surface area contributed by atoms with Crippen LogP contribution in [0.25, 0.3) is 0 Å². The Labute approximate surface area is 158 Å². The molecule has 2 aromatic rings. The van der Waals surface area contributed by atoms with Gasteiger partial charge in [-0.3, -0.25) is 4.79 Å². The van der Waals surface area contributed by atoms with E-state index in [0.29, 0.717) is 22.7 Å². The Bertz CT molecular complexity index is 857. The van der Waals surface area contributed by atoms with E-state index in [1.165, 1.54) is 11.3 Å². The van der Waals surface area contributed by atoms with Gasteiger partial charge in [-0.1, -0.05) is 17.7 Å². The summed E-state index contributed by atoms with van der Waals surface area (Å²) in [5, 5.41) is 3.55. The van der Waals surface area contributed by atoms with Gasteiger partial charge < -0.3 is 15.0 Å². The molecule has 1 aliphatic rings. The largest absolute Gasteiger partial charge is 0.462 e. The van der Waals surface area contributed by atoms with Crippen LogP contribution in [0, 0.1) is 13.8 Å². The maximum Gasteiger partial charge on any atom is 0.341 e. The molecule has 0 radical (unpaired) electrons. The summed E-state index contributed by atoms with van der Waals surface area (Å²) in [6.07, 6.45) is 0.788. The molecule has 138 valence electrons. The highest BCUT2D eigenvalue weighted by Gasteiger charge is 2.28. The zero-order valence-electron chi connectivity index (χ0n) is 15.6. The van der Waals surface area contributed by atoms with Crippen molar-refractivity contribution in [3.05, 3.63) is 50.9 Å². The minimum Gasteiger partial charge on any atom is -0.462 e. The van der Waals surface area contributed by atoms with Crippen LogP contribution in [0.2, 0.25) is 0 Å². The lowest BCUT2D eigenvalue weighted by Gasteiger charge is -2.22. The number of amides is 1. The Morgan fingerprint density at radius 3 is 2.77 bits per heavy atom. The predicted molar refractivity (Wildman–Crippen MR) is 104 cm³/mol. The first-order valence-electron chi connectivity index (χ1n) is 8.79. The SMILES string of the molecule is CCOC(=O)c1c(NC(=O)c2ccc(C)cc2C)sc2c1CCN(C)C2. The quantitative estimate of drug-likeness (QED) is 0.830. The molecule has 2 heterocycles. The van der Waals surface area contributed by atoms with Crippen molar-refractivity contribution < 1.29 is 14.3 Å². The van der Waals surface area contributed by atoms with Gasteiger partial charge in [0.1, 0.15) is 5.00 Å². The lowest BCUT2D eigenvalue weighted by molar-refractivity contribution is 0.0526. The third kappa shape index (κ3) is 3.66. The van der Waals surface area contributed by atoms with E-state index in [-0.39, 0.29) is 11.9 Å². The molecule has 1 aromatic carbocycles. The van der Waals surface area contributed by atoms with Crippen LogP contribution in [-0.2, 0) is 17.7 Å². The summed E-state index contributed by atoms with van der Waals surface area (Å²) in [4.78, 5) is 28.7. The average molecular weight is 372 g/mol. The van der Waals surface area contributed by atoms with E-state index < -0.39 is 0 Å². The van der Waals surface area contributed by atoms with E-state index >= 15 is 0 Å². The first-order chi connectivity index (χ1) is 12.4. The van der Waals surface area contributed by atoms with Crippen LogP contribution in [0.1, 0.15) is 49.2 Å². The number of anilines is 1. The number of hydrogen-bond donors (Lipinski definition) is 1. The zero-order chi connectivity index (χ0) is 18.8. The van der Waals surface area contributed by atoms with Gasteiger partial charge >= 0.3 is 5.97 Å². The van der Waals surface area contributed by atoms with Crippen molar-refractivity contribution in [3.8, 4) is 0 Å². The van der Waals surface area contributed by atoms with Gasteiger partial charge in [-0.15, -0.1) is 11.3 Å². The minimum atomic E-state index is -0.356. The Hall–Kier alpha value is -2.18. The highest BCUT2D eigenvalue weighted by atomic mass is 32.1. The van der Waals surface area contributed by atoms with Crippen LogP contribution in [0.3, 0.4) is 0 Å². The van der Waals surface area contributed by atoms with Gasteiger partial charge in [-0.2, -0.15) is 0 Å². The van der Waals surface area contributed by atoms with Gasteiger partial charge in [0.05, 0.1) is 12.2 Å². The number of likely N-dealkylation sites (N-methyl/N-ethyl adjacent to an activating group) is 1. The summed E-state index contributed by atoms with van der Waals surface area (Å²) >= 11 is 1.48. The second kappa shape index (κ2) is 7.60. The fourth-order valence-electron chi connectivity index (χ4n) is 3.28. The Kier molecular flexibility index (Phi) is 5.44. The number of benzene rings is 1. The number of carbonyl (C=O) groups is 2. The Morgan fingerprint density at radius 2 is 2.08 bits per heavy atom. The van der Waals surface area contributed by atoms with E-state index in [1.54, 1.807) is 6.92 Å². The molecule has 1 N–H and O–H groups in total. The molecule has 0 unspecified atom stereocenters. The number of thiophene rings is 1. The lowest BCUT2D eigenvalue weighted by atomic mass is 10.0. The van der Waals surface area contributed by atoms with Crippen molar-refractivity contribution in [1.29, 1.82) is 0 Å². The van der Waals surface area contributed by atoms with Crippen LogP contribution in [0.4, 0.5) is 5.00 Å². The zero-order valence-corrected chi connectivity index (χ0v) is 16.5.